The number of rotatable bonds is 4. The first kappa shape index (κ1) is 29.4. The van der Waals surface area contributed by atoms with Crippen LogP contribution in [0.5, 0.6) is 11.5 Å². The lowest BCUT2D eigenvalue weighted by Gasteiger charge is -2.43. The molecule has 0 amide bonds. The van der Waals surface area contributed by atoms with Crippen molar-refractivity contribution in [2.45, 2.75) is 81.9 Å². The molecule has 3 fully saturated rings. The van der Waals surface area contributed by atoms with Crippen LogP contribution in [-0.4, -0.2) is 100 Å². The van der Waals surface area contributed by atoms with E-state index in [-0.39, 0.29) is 35.3 Å². The lowest BCUT2D eigenvalue weighted by Crippen LogP contribution is -2.55. The van der Waals surface area contributed by atoms with Crippen LogP contribution in [0, 0.1) is 5.82 Å². The quantitative estimate of drug-likeness (QED) is 0.367. The summed E-state index contributed by atoms with van der Waals surface area (Å²) < 4.78 is 44.7. The number of hydrogen-bond acceptors (Lipinski definition) is 12. The average molecular weight is 614 g/mol. The lowest BCUT2D eigenvalue weighted by atomic mass is 9.72. The zero-order chi connectivity index (χ0) is 31.2. The van der Waals surface area contributed by atoms with Gasteiger partial charge in [-0.15, -0.1) is 0 Å². The lowest BCUT2D eigenvalue weighted by molar-refractivity contribution is -0.256. The monoisotopic (exact) mass is 613 g/mol. The summed E-state index contributed by atoms with van der Waals surface area (Å²) >= 11 is 0. The molecule has 12 nitrogen and oxygen atoms in total. The summed E-state index contributed by atoms with van der Waals surface area (Å²) in [5.41, 5.74) is -4.07. The number of carbonyl (C=O) groups is 3. The van der Waals surface area contributed by atoms with Crippen LogP contribution < -0.4 is 0 Å². The summed E-state index contributed by atoms with van der Waals surface area (Å²) in [6.07, 6.45) is -4.47. The molecule has 13 heteroatoms. The number of phenolic OH excluding ortho intramolecular Hbond substituents is 2. The molecule has 2 aliphatic carbocycles. The van der Waals surface area contributed by atoms with Crippen molar-refractivity contribution >= 4 is 17.3 Å². The van der Waals surface area contributed by atoms with E-state index in [0.29, 0.717) is 19.6 Å². The number of ether oxygens (including phenoxy) is 5. The van der Waals surface area contributed by atoms with Gasteiger partial charge in [-0.1, -0.05) is 12.1 Å². The van der Waals surface area contributed by atoms with E-state index in [0.717, 1.165) is 6.07 Å². The number of Topliss-reactive ketones (excluding diaryl/α,β-unsaturated/α-hetero) is 1. The van der Waals surface area contributed by atoms with Gasteiger partial charge in [-0.2, -0.15) is 0 Å². The maximum absolute atomic E-state index is 14.8. The summed E-state index contributed by atoms with van der Waals surface area (Å²) in [6.45, 7) is 4.02. The second-order valence-corrected chi connectivity index (χ2v) is 12.0. The van der Waals surface area contributed by atoms with E-state index >= 15 is 0 Å². The summed E-state index contributed by atoms with van der Waals surface area (Å²) in [7, 11) is 1.54. The average Bonchev–Trinajstić information content (AvgIpc) is 3.37. The summed E-state index contributed by atoms with van der Waals surface area (Å²) in [5.74, 6) is -4.78. The first-order valence-corrected chi connectivity index (χ1v) is 14.5. The van der Waals surface area contributed by atoms with Crippen molar-refractivity contribution in [2.24, 2.45) is 0 Å². The number of fused-ring (bicyclic) bond motifs is 6. The summed E-state index contributed by atoms with van der Waals surface area (Å²) in [5, 5.41) is 34.4. The Labute approximate surface area is 251 Å². The fraction of sp³-hybridized carbons (Fsp3) is 0.516. The van der Waals surface area contributed by atoms with Gasteiger partial charge in [-0.3, -0.25) is 19.3 Å². The second-order valence-electron chi connectivity index (χ2n) is 12.0. The molecule has 0 aromatic heterocycles. The van der Waals surface area contributed by atoms with Crippen molar-refractivity contribution in [1.29, 1.82) is 0 Å². The van der Waals surface area contributed by atoms with Gasteiger partial charge in [0.05, 0.1) is 35.5 Å². The van der Waals surface area contributed by atoms with Gasteiger partial charge in [0.2, 0.25) is 5.78 Å². The van der Waals surface area contributed by atoms with Gasteiger partial charge in [0, 0.05) is 55.6 Å². The zero-order valence-electron chi connectivity index (χ0n) is 24.2. The SMILES string of the molecule is COC1OCCN2[C@@H]1O[C@@H]1[C@H](C)O[C@@H](O[C@@H]3C[C@](O)(C(C)=O)Cc4c(O)c5c(c(O)c43)C(=O)c3c(F)cccc3C5=O)C[C@@H]12. The van der Waals surface area contributed by atoms with Gasteiger partial charge >= 0.3 is 0 Å². The third-order valence-corrected chi connectivity index (χ3v) is 9.60. The molecule has 3 saturated heterocycles. The Balaban J connectivity index is 1.29. The van der Waals surface area contributed by atoms with Gasteiger partial charge in [-0.05, 0) is 19.9 Å². The summed E-state index contributed by atoms with van der Waals surface area (Å²) in [4.78, 5) is 41.8. The number of hydrogen-bond donors (Lipinski definition) is 3. The molecule has 2 aromatic rings. The van der Waals surface area contributed by atoms with Crippen molar-refractivity contribution in [3.8, 4) is 11.5 Å². The maximum atomic E-state index is 14.8. The van der Waals surface area contributed by atoms with E-state index in [1.807, 2.05) is 6.92 Å². The third-order valence-electron chi connectivity index (χ3n) is 9.60. The van der Waals surface area contributed by atoms with Gasteiger partial charge in [0.1, 0.15) is 29.0 Å². The Bertz CT molecular complexity index is 1590. The molecule has 3 aliphatic heterocycles. The largest absolute Gasteiger partial charge is 0.507 e. The van der Waals surface area contributed by atoms with E-state index in [2.05, 4.69) is 4.90 Å². The van der Waals surface area contributed by atoms with Crippen molar-refractivity contribution in [2.75, 3.05) is 20.3 Å². The highest BCUT2D eigenvalue weighted by Crippen LogP contribution is 2.52. The number of nitrogens with zero attached hydrogens (tertiary/aromatic N) is 1. The Kier molecular flexibility index (Phi) is 6.94. The highest BCUT2D eigenvalue weighted by molar-refractivity contribution is 6.30. The second kappa shape index (κ2) is 10.4. The number of carbonyl (C=O) groups excluding carboxylic acids is 3. The predicted molar refractivity (Wildman–Crippen MR) is 146 cm³/mol. The van der Waals surface area contributed by atoms with Crippen molar-refractivity contribution in [1.82, 2.24) is 4.90 Å². The minimum atomic E-state index is -2.03. The van der Waals surface area contributed by atoms with Crippen LogP contribution in [0.25, 0.3) is 0 Å². The van der Waals surface area contributed by atoms with Gasteiger partial charge < -0.3 is 39.0 Å². The molecular weight excluding hydrogens is 581 g/mol. The molecule has 7 rings (SSSR count). The van der Waals surface area contributed by atoms with Crippen LogP contribution in [0.4, 0.5) is 4.39 Å². The highest BCUT2D eigenvalue weighted by atomic mass is 19.1. The highest BCUT2D eigenvalue weighted by Gasteiger charge is 2.55. The van der Waals surface area contributed by atoms with Crippen LogP contribution in [0.3, 0.4) is 0 Å². The fourth-order valence-electron chi connectivity index (χ4n) is 7.42. The molecule has 44 heavy (non-hydrogen) atoms. The third kappa shape index (κ3) is 4.18. The molecular formula is C31H32FNO11. The standard InChI is InChI=1S/C31H32FNO11/c1-12-28-17(33-7-8-41-30(40-3)29(33)44-28)9-19(42-12)43-18-11-31(39,13(2)34)10-15-21(18)27(38)23-22(25(15)36)24(35)14-5-4-6-16(32)20(14)26(23)37/h4-6,12,17-19,28-30,36,38-39H,7-11H2,1-3H3/t12-,17-,18+,19-,28+,29+,30?,31-/m0/s1. The molecule has 0 radical (unpaired) electrons. The van der Waals surface area contributed by atoms with Crippen LogP contribution in [0.1, 0.15) is 75.8 Å². The van der Waals surface area contributed by atoms with E-state index < -0.39 is 94.4 Å². The normalized spacial score (nSPS) is 34.5. The number of phenols is 2. The Morgan fingerprint density at radius 2 is 1.86 bits per heavy atom. The van der Waals surface area contributed by atoms with Crippen LogP contribution in [-0.2, 0) is 34.9 Å². The number of benzene rings is 2. The fourth-order valence-corrected chi connectivity index (χ4v) is 7.42. The van der Waals surface area contributed by atoms with Gasteiger partial charge in [0.15, 0.2) is 30.4 Å². The first-order chi connectivity index (χ1) is 20.9. The van der Waals surface area contributed by atoms with Crippen LogP contribution in [0.15, 0.2) is 18.2 Å². The molecule has 1 unspecified atom stereocenters. The molecule has 5 aliphatic rings. The van der Waals surface area contributed by atoms with E-state index in [9.17, 15) is 34.1 Å². The first-order valence-electron chi connectivity index (χ1n) is 14.5. The van der Waals surface area contributed by atoms with Gasteiger partial charge in [0.25, 0.3) is 0 Å². The smallest absolute Gasteiger partial charge is 0.201 e. The van der Waals surface area contributed by atoms with Crippen LogP contribution in [0.2, 0.25) is 0 Å². The van der Waals surface area contributed by atoms with E-state index in [1.54, 1.807) is 0 Å². The van der Waals surface area contributed by atoms with Gasteiger partial charge in [-0.25, -0.2) is 4.39 Å². The molecule has 8 atom stereocenters. The Morgan fingerprint density at radius 1 is 1.11 bits per heavy atom. The van der Waals surface area contributed by atoms with Crippen molar-refractivity contribution in [3.63, 3.8) is 0 Å². The minimum Gasteiger partial charge on any atom is -0.507 e. The van der Waals surface area contributed by atoms with Crippen molar-refractivity contribution < 1.29 is 57.8 Å². The molecule has 0 spiro atoms. The number of aromatic hydroxyl groups is 2. The molecule has 0 bridgehead atoms. The number of morpholine rings is 1. The molecule has 0 saturated carbocycles. The maximum Gasteiger partial charge on any atom is 0.201 e. The van der Waals surface area contributed by atoms with Crippen molar-refractivity contribution in [3.05, 3.63) is 57.4 Å². The zero-order valence-corrected chi connectivity index (χ0v) is 24.2. The topological polar surface area (TPSA) is 161 Å². The van der Waals surface area contributed by atoms with E-state index in [4.69, 9.17) is 23.7 Å². The predicted octanol–water partition coefficient (Wildman–Crippen LogP) is 1.87. The number of methoxy groups -OCH3 is 1. The summed E-state index contributed by atoms with van der Waals surface area (Å²) in [6, 6.07) is 3.38. The van der Waals surface area contributed by atoms with Crippen LogP contribution >= 0.6 is 0 Å². The Morgan fingerprint density at radius 3 is 2.59 bits per heavy atom. The Hall–Kier alpha value is -3.30. The molecule has 3 heterocycles. The number of aliphatic hydroxyl groups is 1. The minimum absolute atomic E-state index is 0.0714. The molecule has 2 aromatic carbocycles. The molecule has 3 N–H and O–H groups in total. The number of halogens is 1. The number of ketones is 3. The van der Waals surface area contributed by atoms with E-state index in [1.165, 1.54) is 26.2 Å². The molecule has 234 valence electrons.